The molecule has 116 valence electrons. The Morgan fingerprint density at radius 1 is 1.04 bits per heavy atom. The number of hydrogen-bond acceptors (Lipinski definition) is 3. The molecule has 4 heteroatoms. The number of hydrogen-bond donors (Lipinski definition) is 1. The van der Waals surface area contributed by atoms with Crippen LogP contribution < -0.4 is 5.32 Å². The summed E-state index contributed by atoms with van der Waals surface area (Å²) in [7, 11) is 0. The van der Waals surface area contributed by atoms with Crippen LogP contribution in [0.15, 0.2) is 60.7 Å². The van der Waals surface area contributed by atoms with Gasteiger partial charge in [0.15, 0.2) is 5.82 Å². The van der Waals surface area contributed by atoms with Gasteiger partial charge in [0.1, 0.15) is 11.6 Å². The molecule has 0 saturated heterocycles. The molecule has 2 aromatic carbocycles. The summed E-state index contributed by atoms with van der Waals surface area (Å²) >= 11 is 0. The number of anilines is 1. The van der Waals surface area contributed by atoms with E-state index in [4.69, 9.17) is 0 Å². The van der Waals surface area contributed by atoms with Gasteiger partial charge in [0.25, 0.3) is 0 Å². The number of rotatable bonds is 4. The summed E-state index contributed by atoms with van der Waals surface area (Å²) in [4.78, 5) is 15.4. The van der Waals surface area contributed by atoms with Crippen LogP contribution in [0.5, 0.6) is 0 Å². The Kier molecular flexibility index (Phi) is 4.35. The summed E-state index contributed by atoms with van der Waals surface area (Å²) in [5.41, 5.74) is 4.78. The highest BCUT2D eigenvalue weighted by atomic mass is 16.1. The lowest BCUT2D eigenvalue weighted by molar-refractivity contribution is -0.105. The largest absolute Gasteiger partial charge is 0.312 e. The van der Waals surface area contributed by atoms with E-state index in [0.29, 0.717) is 17.7 Å². The summed E-state index contributed by atoms with van der Waals surface area (Å²) in [5, 5.41) is 12.1. The van der Waals surface area contributed by atoms with E-state index in [-0.39, 0.29) is 5.82 Å². The van der Waals surface area contributed by atoms with Crippen LogP contribution >= 0.6 is 0 Å². The van der Waals surface area contributed by atoms with E-state index in [1.54, 1.807) is 0 Å². The zero-order valence-electron chi connectivity index (χ0n) is 13.2. The monoisotopic (exact) mass is 313 g/mol. The predicted molar refractivity (Wildman–Crippen MR) is 94.2 cm³/mol. The minimum absolute atomic E-state index is 0.268. The third-order valence-corrected chi connectivity index (χ3v) is 3.76. The van der Waals surface area contributed by atoms with Crippen LogP contribution in [0.1, 0.15) is 11.1 Å². The van der Waals surface area contributed by atoms with Gasteiger partial charge >= 0.3 is 0 Å². The van der Waals surface area contributed by atoms with Gasteiger partial charge < -0.3 is 5.32 Å². The van der Waals surface area contributed by atoms with Gasteiger partial charge in [-0.05, 0) is 18.6 Å². The van der Waals surface area contributed by atoms with Crippen molar-refractivity contribution < 1.29 is 4.79 Å². The van der Waals surface area contributed by atoms with Crippen molar-refractivity contribution in [2.24, 2.45) is 0 Å². The number of nitrogens with one attached hydrogen (secondary N) is 1. The molecule has 0 aliphatic carbocycles. The first-order chi connectivity index (χ1) is 11.7. The first kappa shape index (κ1) is 15.4. The molecule has 1 heterocycles. The summed E-state index contributed by atoms with van der Waals surface area (Å²) in [6.45, 7) is 2.02. The van der Waals surface area contributed by atoms with Gasteiger partial charge in [-0.3, -0.25) is 4.79 Å². The Balaban J connectivity index is 2.25. The van der Waals surface area contributed by atoms with Crippen molar-refractivity contribution in [3.05, 3.63) is 71.8 Å². The molecule has 0 radical (unpaired) electrons. The molecule has 3 rings (SSSR count). The normalized spacial score (nSPS) is 10.0. The quantitative estimate of drug-likeness (QED) is 0.735. The molecule has 0 fully saturated rings. The van der Waals surface area contributed by atoms with Crippen LogP contribution in [-0.2, 0) is 4.79 Å². The van der Waals surface area contributed by atoms with Crippen LogP contribution in [-0.4, -0.2) is 11.4 Å². The van der Waals surface area contributed by atoms with Crippen molar-refractivity contribution in [2.75, 3.05) is 5.32 Å². The third kappa shape index (κ3) is 3.01. The van der Waals surface area contributed by atoms with Gasteiger partial charge in [0.05, 0.1) is 5.69 Å². The highest BCUT2D eigenvalue weighted by Crippen LogP contribution is 2.32. The number of carbonyl (C=O) groups is 1. The van der Waals surface area contributed by atoms with E-state index < -0.39 is 0 Å². The standard InChI is InChI=1S/C20H15N3O/c1-14-7-9-16(10-8-14)19-11-17(15-5-3-2-4-6-15)18(12-21)20(23-19)22-13-24/h2-11,13H,1H3,(H,22,23,24). The molecule has 0 aliphatic rings. The molecule has 1 amide bonds. The fourth-order valence-corrected chi connectivity index (χ4v) is 2.54. The van der Waals surface area contributed by atoms with Crippen molar-refractivity contribution in [2.45, 2.75) is 6.92 Å². The topological polar surface area (TPSA) is 65.8 Å². The Morgan fingerprint density at radius 2 is 1.75 bits per heavy atom. The molecule has 0 unspecified atom stereocenters. The Hall–Kier alpha value is -3.45. The molecule has 0 saturated carbocycles. The van der Waals surface area contributed by atoms with Gasteiger partial charge in [-0.2, -0.15) is 5.26 Å². The van der Waals surface area contributed by atoms with E-state index >= 15 is 0 Å². The molecule has 0 atom stereocenters. The zero-order chi connectivity index (χ0) is 16.9. The summed E-state index contributed by atoms with van der Waals surface area (Å²) in [6.07, 6.45) is 0.539. The van der Waals surface area contributed by atoms with Crippen molar-refractivity contribution in [1.82, 2.24) is 4.98 Å². The number of benzene rings is 2. The number of nitriles is 1. The number of aromatic nitrogens is 1. The van der Waals surface area contributed by atoms with Crippen LogP contribution in [0.2, 0.25) is 0 Å². The molecule has 0 bridgehead atoms. The molecular formula is C20H15N3O. The van der Waals surface area contributed by atoms with E-state index in [1.807, 2.05) is 67.6 Å². The van der Waals surface area contributed by atoms with Gasteiger partial charge in [0.2, 0.25) is 6.41 Å². The SMILES string of the molecule is Cc1ccc(-c2cc(-c3ccccc3)c(C#N)c(NC=O)n2)cc1. The summed E-state index contributed by atoms with van der Waals surface area (Å²) in [6, 6.07) is 21.6. The van der Waals surface area contributed by atoms with Crippen molar-refractivity contribution >= 4 is 12.2 Å². The Morgan fingerprint density at radius 3 is 2.38 bits per heavy atom. The lowest BCUT2D eigenvalue weighted by Crippen LogP contribution is -2.03. The average molecular weight is 313 g/mol. The van der Waals surface area contributed by atoms with Crippen molar-refractivity contribution in [1.29, 1.82) is 5.26 Å². The molecule has 0 aliphatic heterocycles. The maximum atomic E-state index is 10.9. The van der Waals surface area contributed by atoms with Crippen LogP contribution in [0.4, 0.5) is 5.82 Å². The number of nitrogens with zero attached hydrogens (tertiary/aromatic N) is 2. The van der Waals surface area contributed by atoms with Crippen LogP contribution in [0, 0.1) is 18.3 Å². The van der Waals surface area contributed by atoms with E-state index in [2.05, 4.69) is 16.4 Å². The zero-order valence-corrected chi connectivity index (χ0v) is 13.2. The van der Waals surface area contributed by atoms with Crippen molar-refractivity contribution in [3.63, 3.8) is 0 Å². The smallest absolute Gasteiger partial charge is 0.212 e. The highest BCUT2D eigenvalue weighted by molar-refractivity contribution is 5.84. The minimum Gasteiger partial charge on any atom is -0.312 e. The Bertz CT molecular complexity index is 910. The van der Waals surface area contributed by atoms with Gasteiger partial charge in [-0.25, -0.2) is 4.98 Å². The fourth-order valence-electron chi connectivity index (χ4n) is 2.54. The second-order valence-electron chi connectivity index (χ2n) is 5.38. The molecule has 24 heavy (non-hydrogen) atoms. The predicted octanol–water partition coefficient (Wildman–Crippen LogP) is 4.16. The first-order valence-electron chi connectivity index (χ1n) is 7.50. The molecule has 0 spiro atoms. The maximum Gasteiger partial charge on any atom is 0.212 e. The van der Waals surface area contributed by atoms with Crippen LogP contribution in [0.3, 0.4) is 0 Å². The lowest BCUT2D eigenvalue weighted by Gasteiger charge is -2.12. The second kappa shape index (κ2) is 6.76. The molecule has 4 nitrogen and oxygen atoms in total. The number of carbonyl (C=O) groups excluding carboxylic acids is 1. The van der Waals surface area contributed by atoms with E-state index in [9.17, 15) is 10.1 Å². The van der Waals surface area contributed by atoms with E-state index in [1.165, 1.54) is 0 Å². The van der Waals surface area contributed by atoms with Gasteiger partial charge in [0, 0.05) is 11.1 Å². The summed E-state index contributed by atoms with van der Waals surface area (Å²) in [5.74, 6) is 0.268. The fraction of sp³-hybridized carbons (Fsp3) is 0.0500. The lowest BCUT2D eigenvalue weighted by atomic mass is 9.98. The van der Waals surface area contributed by atoms with Gasteiger partial charge in [-0.15, -0.1) is 0 Å². The van der Waals surface area contributed by atoms with E-state index in [0.717, 1.165) is 22.3 Å². The minimum atomic E-state index is 0.268. The number of amides is 1. The second-order valence-corrected chi connectivity index (χ2v) is 5.38. The maximum absolute atomic E-state index is 10.9. The average Bonchev–Trinajstić information content (AvgIpc) is 2.63. The number of aryl methyl sites for hydroxylation is 1. The third-order valence-electron chi connectivity index (χ3n) is 3.76. The molecule has 3 aromatic rings. The molecule has 1 aromatic heterocycles. The van der Waals surface area contributed by atoms with Crippen LogP contribution in [0.25, 0.3) is 22.4 Å². The molecular weight excluding hydrogens is 298 g/mol. The summed E-state index contributed by atoms with van der Waals surface area (Å²) < 4.78 is 0. The molecule has 1 N–H and O–H groups in total. The number of pyridine rings is 1. The first-order valence-corrected chi connectivity index (χ1v) is 7.50. The highest BCUT2D eigenvalue weighted by Gasteiger charge is 2.14. The van der Waals surface area contributed by atoms with Gasteiger partial charge in [-0.1, -0.05) is 60.2 Å². The van der Waals surface area contributed by atoms with Crippen molar-refractivity contribution in [3.8, 4) is 28.5 Å². The Labute approximate surface area is 140 Å².